The summed E-state index contributed by atoms with van der Waals surface area (Å²) >= 11 is 1.20. The SMILES string of the molecule is O=C(CCCCCn1c(=O)c2sccc2n(CC(=O)Nc2ccccc2F)c1=O)NCc1ccccc1. The third-order valence-corrected chi connectivity index (χ3v) is 6.80. The van der Waals surface area contributed by atoms with Gasteiger partial charge in [0.05, 0.1) is 11.2 Å². The van der Waals surface area contributed by atoms with Crippen LogP contribution >= 0.6 is 11.3 Å². The van der Waals surface area contributed by atoms with Gasteiger partial charge in [0.1, 0.15) is 17.1 Å². The van der Waals surface area contributed by atoms with E-state index >= 15 is 0 Å². The van der Waals surface area contributed by atoms with Crippen molar-refractivity contribution in [2.24, 2.45) is 0 Å². The third-order valence-electron chi connectivity index (χ3n) is 5.90. The number of rotatable bonds is 11. The lowest BCUT2D eigenvalue weighted by molar-refractivity contribution is -0.121. The van der Waals surface area contributed by atoms with Crippen LogP contribution in [0.5, 0.6) is 0 Å². The zero-order valence-corrected chi connectivity index (χ0v) is 20.9. The van der Waals surface area contributed by atoms with Crippen LogP contribution in [0, 0.1) is 5.82 Å². The molecule has 0 spiro atoms. The Morgan fingerprint density at radius 3 is 2.41 bits per heavy atom. The topological polar surface area (TPSA) is 102 Å². The van der Waals surface area contributed by atoms with Gasteiger partial charge in [-0.05, 0) is 42.0 Å². The van der Waals surface area contributed by atoms with Crippen LogP contribution in [0.2, 0.25) is 0 Å². The van der Waals surface area contributed by atoms with Crippen LogP contribution in [-0.4, -0.2) is 20.9 Å². The number of thiophene rings is 1. The second-order valence-electron chi connectivity index (χ2n) is 8.56. The van der Waals surface area contributed by atoms with Crippen LogP contribution in [-0.2, 0) is 29.2 Å². The van der Waals surface area contributed by atoms with Gasteiger partial charge in [-0.3, -0.25) is 23.5 Å². The van der Waals surface area contributed by atoms with Gasteiger partial charge in [0, 0.05) is 19.5 Å². The highest BCUT2D eigenvalue weighted by atomic mass is 32.1. The fourth-order valence-electron chi connectivity index (χ4n) is 4.00. The first-order valence-electron chi connectivity index (χ1n) is 12.0. The average Bonchev–Trinajstić information content (AvgIpc) is 3.39. The smallest absolute Gasteiger partial charge is 0.332 e. The number of nitrogens with one attached hydrogen (secondary N) is 2. The lowest BCUT2D eigenvalue weighted by Crippen LogP contribution is -2.41. The first-order chi connectivity index (χ1) is 17.9. The van der Waals surface area contributed by atoms with Gasteiger partial charge in [0.25, 0.3) is 5.56 Å². The Morgan fingerprint density at radius 1 is 0.865 bits per heavy atom. The van der Waals surface area contributed by atoms with Crippen LogP contribution in [0.15, 0.2) is 75.6 Å². The van der Waals surface area contributed by atoms with Gasteiger partial charge < -0.3 is 10.6 Å². The van der Waals surface area contributed by atoms with E-state index in [4.69, 9.17) is 0 Å². The van der Waals surface area contributed by atoms with Crippen LogP contribution in [0.1, 0.15) is 31.2 Å². The summed E-state index contributed by atoms with van der Waals surface area (Å²) in [6.45, 7) is 0.286. The molecule has 2 amide bonds. The molecule has 0 aliphatic heterocycles. The minimum Gasteiger partial charge on any atom is -0.352 e. The predicted octanol–water partition coefficient (Wildman–Crippen LogP) is 3.88. The van der Waals surface area contributed by atoms with E-state index in [0.29, 0.717) is 42.4 Å². The van der Waals surface area contributed by atoms with Crippen molar-refractivity contribution in [1.29, 1.82) is 0 Å². The number of carbonyl (C=O) groups excluding carboxylic acids is 2. The molecule has 0 aliphatic carbocycles. The van der Waals surface area contributed by atoms with E-state index in [1.807, 2.05) is 30.3 Å². The van der Waals surface area contributed by atoms with Gasteiger partial charge in [0.15, 0.2) is 0 Å². The number of hydrogen-bond acceptors (Lipinski definition) is 5. The zero-order valence-electron chi connectivity index (χ0n) is 20.1. The maximum atomic E-state index is 13.9. The second kappa shape index (κ2) is 12.3. The molecule has 8 nitrogen and oxygen atoms in total. The first kappa shape index (κ1) is 26.0. The summed E-state index contributed by atoms with van der Waals surface area (Å²) in [6, 6.07) is 17.0. The number of aromatic nitrogens is 2. The Hall–Kier alpha value is -4.05. The molecule has 0 saturated carbocycles. The van der Waals surface area contributed by atoms with Crippen molar-refractivity contribution in [2.45, 2.75) is 45.3 Å². The van der Waals surface area contributed by atoms with E-state index < -0.39 is 23.0 Å². The van der Waals surface area contributed by atoms with Crippen molar-refractivity contribution in [3.63, 3.8) is 0 Å². The Morgan fingerprint density at radius 2 is 1.62 bits per heavy atom. The first-order valence-corrected chi connectivity index (χ1v) is 12.9. The van der Waals surface area contributed by atoms with Crippen LogP contribution in [0.4, 0.5) is 10.1 Å². The number of nitrogens with zero attached hydrogens (tertiary/aromatic N) is 2. The Bertz CT molecular complexity index is 1510. The monoisotopic (exact) mass is 522 g/mol. The number of halogens is 1. The molecule has 0 radical (unpaired) electrons. The van der Waals surface area contributed by atoms with Gasteiger partial charge in [0.2, 0.25) is 11.8 Å². The fraction of sp³-hybridized carbons (Fsp3) is 0.259. The molecule has 2 heterocycles. The van der Waals surface area contributed by atoms with Crippen LogP contribution in [0.25, 0.3) is 10.2 Å². The van der Waals surface area contributed by atoms with E-state index in [-0.39, 0.29) is 24.7 Å². The van der Waals surface area contributed by atoms with Crippen molar-refractivity contribution in [1.82, 2.24) is 14.5 Å². The van der Waals surface area contributed by atoms with E-state index in [9.17, 15) is 23.6 Å². The van der Waals surface area contributed by atoms with Gasteiger partial charge in [-0.25, -0.2) is 9.18 Å². The van der Waals surface area contributed by atoms with Gasteiger partial charge in [-0.15, -0.1) is 11.3 Å². The van der Waals surface area contributed by atoms with Gasteiger partial charge in [-0.1, -0.05) is 48.9 Å². The predicted molar refractivity (Wildman–Crippen MR) is 142 cm³/mol. The molecule has 192 valence electrons. The van der Waals surface area contributed by atoms with Crippen molar-refractivity contribution in [3.8, 4) is 0 Å². The number of fused-ring (bicyclic) bond motifs is 1. The number of anilines is 1. The van der Waals surface area contributed by atoms with Crippen molar-refractivity contribution >= 4 is 39.1 Å². The molecule has 0 fully saturated rings. The van der Waals surface area contributed by atoms with Crippen LogP contribution < -0.4 is 21.9 Å². The molecule has 37 heavy (non-hydrogen) atoms. The summed E-state index contributed by atoms with van der Waals surface area (Å²) in [4.78, 5) is 50.8. The molecule has 2 aromatic heterocycles. The van der Waals surface area contributed by atoms with Crippen molar-refractivity contribution < 1.29 is 14.0 Å². The number of carbonyl (C=O) groups is 2. The molecule has 4 rings (SSSR count). The highest BCUT2D eigenvalue weighted by Crippen LogP contribution is 2.16. The largest absolute Gasteiger partial charge is 0.352 e. The number of unbranched alkanes of at least 4 members (excludes halogenated alkanes) is 2. The zero-order chi connectivity index (χ0) is 26.2. The minimum atomic E-state index is -0.597. The Balaban J connectivity index is 1.36. The summed E-state index contributed by atoms with van der Waals surface area (Å²) in [5, 5.41) is 7.04. The molecule has 0 bridgehead atoms. The van der Waals surface area contributed by atoms with Crippen molar-refractivity contribution in [3.05, 3.63) is 98.3 Å². The normalized spacial score (nSPS) is 10.9. The van der Waals surface area contributed by atoms with Crippen molar-refractivity contribution in [2.75, 3.05) is 5.32 Å². The molecular weight excluding hydrogens is 495 g/mol. The standard InChI is InChI=1S/C27H27FN4O4S/c28-20-11-6-7-12-21(20)30-24(34)18-32-22-14-16-37-25(22)26(35)31(27(32)36)15-8-2-5-13-23(33)29-17-19-9-3-1-4-10-19/h1,3-4,6-7,9-12,14,16H,2,5,8,13,15,17-18H2,(H,29,33)(H,30,34). The molecular formula is C27H27FN4O4S. The highest BCUT2D eigenvalue weighted by Gasteiger charge is 2.17. The second-order valence-corrected chi connectivity index (χ2v) is 9.48. The maximum Gasteiger partial charge on any atom is 0.332 e. The van der Waals surface area contributed by atoms with E-state index in [2.05, 4.69) is 10.6 Å². The van der Waals surface area contributed by atoms with E-state index in [1.165, 1.54) is 34.1 Å². The van der Waals surface area contributed by atoms with Crippen LogP contribution in [0.3, 0.4) is 0 Å². The van der Waals surface area contributed by atoms with E-state index in [1.54, 1.807) is 17.5 Å². The highest BCUT2D eigenvalue weighted by molar-refractivity contribution is 7.17. The maximum absolute atomic E-state index is 13.9. The summed E-state index contributed by atoms with van der Waals surface area (Å²) in [5.41, 5.74) is 0.415. The lowest BCUT2D eigenvalue weighted by Gasteiger charge is -2.13. The molecule has 0 aliphatic rings. The average molecular weight is 523 g/mol. The summed E-state index contributed by atoms with van der Waals surface area (Å²) in [5.74, 6) is -1.21. The molecule has 0 atom stereocenters. The minimum absolute atomic E-state index is 0.0169. The number of hydrogen-bond donors (Lipinski definition) is 2. The van der Waals surface area contributed by atoms with E-state index in [0.717, 1.165) is 10.1 Å². The molecule has 0 unspecified atom stereocenters. The molecule has 2 N–H and O–H groups in total. The third kappa shape index (κ3) is 6.59. The Kier molecular flexibility index (Phi) is 8.63. The number of amides is 2. The summed E-state index contributed by atoms with van der Waals surface area (Å²) in [6.07, 6.45) is 2.16. The number of benzene rings is 2. The molecule has 4 aromatic rings. The quantitative estimate of drug-likeness (QED) is 0.292. The molecule has 2 aromatic carbocycles. The van der Waals surface area contributed by atoms with Gasteiger partial charge >= 0.3 is 5.69 Å². The molecule has 0 saturated heterocycles. The summed E-state index contributed by atoms with van der Waals surface area (Å²) < 4.78 is 16.6. The fourth-order valence-corrected chi connectivity index (χ4v) is 4.84. The molecule has 10 heteroatoms. The summed E-state index contributed by atoms with van der Waals surface area (Å²) in [7, 11) is 0. The van der Waals surface area contributed by atoms with Gasteiger partial charge in [-0.2, -0.15) is 0 Å². The lowest BCUT2D eigenvalue weighted by atomic mass is 10.1. The number of para-hydroxylation sites is 1. The Labute approximate surface area is 216 Å².